The maximum atomic E-state index is 12.8. The second kappa shape index (κ2) is 9.41. The summed E-state index contributed by atoms with van der Waals surface area (Å²) in [6, 6.07) is 9.98. The van der Waals surface area contributed by atoms with Gasteiger partial charge in [-0.2, -0.15) is 4.98 Å². The maximum absolute atomic E-state index is 12.8. The fraction of sp³-hybridized carbons (Fsp3) is 0.533. The van der Waals surface area contributed by atoms with E-state index in [0.29, 0.717) is 30.1 Å². The van der Waals surface area contributed by atoms with E-state index in [9.17, 15) is 15.0 Å². The van der Waals surface area contributed by atoms with Crippen LogP contribution < -0.4 is 0 Å². The van der Waals surface area contributed by atoms with E-state index in [0.717, 1.165) is 5.56 Å². The van der Waals surface area contributed by atoms with Gasteiger partial charge in [-0.25, -0.2) is 4.79 Å². The lowest BCUT2D eigenvalue weighted by molar-refractivity contribution is -0.131. The quantitative estimate of drug-likeness (QED) is 0.447. The first-order valence-electron chi connectivity index (χ1n) is 13.5. The second-order valence-corrected chi connectivity index (χ2v) is 12.8. The number of aromatic nitrogens is 3. The Morgan fingerprint density at radius 2 is 1.72 bits per heavy atom. The topological polar surface area (TPSA) is 122 Å². The summed E-state index contributed by atoms with van der Waals surface area (Å²) < 4.78 is 10.8. The minimum absolute atomic E-state index is 0.0868. The number of benzene rings is 1. The SMILES string of the molecule is CC(C)(C)OC(=O)N1CC(C)([C@](O)(c2ccc(C3CCC3)cc2)c2cncc(-c3noc(C(C)(C)O)n3)c2)C1. The van der Waals surface area contributed by atoms with Gasteiger partial charge in [0.2, 0.25) is 5.82 Å². The van der Waals surface area contributed by atoms with Gasteiger partial charge in [0.05, 0.1) is 0 Å². The molecule has 1 saturated heterocycles. The van der Waals surface area contributed by atoms with Crippen LogP contribution in [0.1, 0.15) is 89.3 Å². The van der Waals surface area contributed by atoms with Crippen molar-refractivity contribution in [2.45, 2.75) is 83.5 Å². The molecule has 3 aromatic rings. The standard InChI is InChI=1S/C30H38N4O5/c1-27(2,3)38-26(35)34-17-29(6,18-34)30(37,22-12-10-20(11-13-22)19-8-7-9-19)23-14-21(15-31-16-23)24-32-25(39-33-24)28(4,5)36/h10-16,19,36-37H,7-9,17-18H2,1-6H3/t30-/m0/s1. The number of rotatable bonds is 6. The van der Waals surface area contributed by atoms with Crippen molar-refractivity contribution in [1.29, 1.82) is 0 Å². The zero-order valence-electron chi connectivity index (χ0n) is 23.6. The molecule has 0 radical (unpaired) electrons. The Hall–Kier alpha value is -3.30. The zero-order chi connectivity index (χ0) is 28.2. The Bertz CT molecular complexity index is 1340. The minimum atomic E-state index is -1.48. The van der Waals surface area contributed by atoms with Crippen LogP contribution in [0.3, 0.4) is 0 Å². The predicted octanol–water partition coefficient (Wildman–Crippen LogP) is 5.12. The Morgan fingerprint density at radius 1 is 1.05 bits per heavy atom. The number of likely N-dealkylation sites (tertiary alicyclic amines) is 1. The number of pyridine rings is 1. The summed E-state index contributed by atoms with van der Waals surface area (Å²) in [4.78, 5) is 23.1. The molecule has 1 atom stereocenters. The largest absolute Gasteiger partial charge is 0.444 e. The van der Waals surface area contributed by atoms with Crippen LogP contribution in [0.4, 0.5) is 4.79 Å². The van der Waals surface area contributed by atoms with Crippen molar-refractivity contribution >= 4 is 6.09 Å². The molecular weight excluding hydrogens is 496 g/mol. The third-order valence-corrected chi connectivity index (χ3v) is 7.87. The number of carbonyl (C=O) groups excluding carboxylic acids is 1. The third-order valence-electron chi connectivity index (χ3n) is 7.87. The van der Waals surface area contributed by atoms with Gasteiger partial charge in [0.15, 0.2) is 0 Å². The molecule has 1 aliphatic carbocycles. The van der Waals surface area contributed by atoms with Crippen LogP contribution in [0, 0.1) is 5.41 Å². The number of ether oxygens (including phenoxy) is 1. The van der Waals surface area contributed by atoms with Crippen molar-refractivity contribution in [2.75, 3.05) is 13.1 Å². The number of carbonyl (C=O) groups is 1. The average molecular weight is 535 g/mol. The van der Waals surface area contributed by atoms with Crippen LogP contribution in [0.2, 0.25) is 0 Å². The number of nitrogens with zero attached hydrogens (tertiary/aromatic N) is 4. The summed E-state index contributed by atoms with van der Waals surface area (Å²) in [5, 5.41) is 26.9. The summed E-state index contributed by atoms with van der Waals surface area (Å²) in [5.74, 6) is 0.921. The fourth-order valence-electron chi connectivity index (χ4n) is 5.43. The summed E-state index contributed by atoms with van der Waals surface area (Å²) in [5.41, 5.74) is -1.00. The Kier molecular flexibility index (Phi) is 6.58. The number of hydrogen-bond acceptors (Lipinski definition) is 8. The predicted molar refractivity (Wildman–Crippen MR) is 145 cm³/mol. The van der Waals surface area contributed by atoms with Crippen LogP contribution in [-0.4, -0.2) is 55.0 Å². The maximum Gasteiger partial charge on any atom is 0.410 e. The first-order valence-corrected chi connectivity index (χ1v) is 13.5. The van der Waals surface area contributed by atoms with E-state index >= 15 is 0 Å². The van der Waals surface area contributed by atoms with E-state index in [1.807, 2.05) is 39.8 Å². The molecule has 9 heteroatoms. The molecule has 1 saturated carbocycles. The van der Waals surface area contributed by atoms with Crippen molar-refractivity contribution in [3.8, 4) is 11.4 Å². The van der Waals surface area contributed by atoms with Gasteiger partial charge in [-0.05, 0) is 70.6 Å². The van der Waals surface area contributed by atoms with E-state index in [1.165, 1.54) is 24.8 Å². The third kappa shape index (κ3) is 5.05. The van der Waals surface area contributed by atoms with E-state index in [2.05, 4.69) is 27.3 Å². The Balaban J connectivity index is 1.52. The van der Waals surface area contributed by atoms with E-state index < -0.39 is 28.3 Å². The first-order chi connectivity index (χ1) is 18.2. The molecule has 208 valence electrons. The summed E-state index contributed by atoms with van der Waals surface area (Å²) >= 11 is 0. The smallest absolute Gasteiger partial charge is 0.410 e. The highest BCUT2D eigenvalue weighted by molar-refractivity contribution is 5.70. The van der Waals surface area contributed by atoms with Gasteiger partial charge in [-0.1, -0.05) is 42.8 Å². The number of aliphatic hydroxyl groups is 2. The van der Waals surface area contributed by atoms with Crippen LogP contribution in [-0.2, 0) is 15.9 Å². The molecule has 39 heavy (non-hydrogen) atoms. The Morgan fingerprint density at radius 3 is 2.26 bits per heavy atom. The molecular formula is C30H38N4O5. The molecule has 9 nitrogen and oxygen atoms in total. The lowest BCUT2D eigenvalue weighted by atomic mass is 9.62. The van der Waals surface area contributed by atoms with Crippen LogP contribution in [0.15, 0.2) is 47.2 Å². The summed E-state index contributed by atoms with van der Waals surface area (Å²) in [7, 11) is 0. The zero-order valence-corrected chi connectivity index (χ0v) is 23.6. The minimum Gasteiger partial charge on any atom is -0.444 e. The van der Waals surface area contributed by atoms with Crippen molar-refractivity contribution < 1.29 is 24.3 Å². The summed E-state index contributed by atoms with van der Waals surface area (Å²) in [6.45, 7) is 11.2. The average Bonchev–Trinajstić information content (AvgIpc) is 3.31. The van der Waals surface area contributed by atoms with Gasteiger partial charge in [0.25, 0.3) is 5.89 Å². The van der Waals surface area contributed by atoms with Crippen molar-refractivity contribution in [1.82, 2.24) is 20.0 Å². The van der Waals surface area contributed by atoms with Gasteiger partial charge in [0, 0.05) is 42.0 Å². The molecule has 0 bridgehead atoms. The molecule has 2 aliphatic rings. The van der Waals surface area contributed by atoms with Gasteiger partial charge >= 0.3 is 6.09 Å². The monoisotopic (exact) mass is 534 g/mol. The molecule has 0 spiro atoms. The molecule has 1 amide bonds. The number of hydrogen-bond donors (Lipinski definition) is 2. The normalized spacial score (nSPS) is 19.1. The van der Waals surface area contributed by atoms with Crippen LogP contribution in [0.25, 0.3) is 11.4 Å². The fourth-order valence-corrected chi connectivity index (χ4v) is 5.43. The van der Waals surface area contributed by atoms with Crippen LogP contribution in [0.5, 0.6) is 0 Å². The van der Waals surface area contributed by atoms with Crippen molar-refractivity contribution in [3.05, 3.63) is 65.3 Å². The Labute approximate surface area is 229 Å². The van der Waals surface area contributed by atoms with Crippen LogP contribution >= 0.6 is 0 Å². The number of amides is 1. The highest BCUT2D eigenvalue weighted by Gasteiger charge is 2.58. The molecule has 5 rings (SSSR count). The second-order valence-electron chi connectivity index (χ2n) is 12.8. The molecule has 2 fully saturated rings. The van der Waals surface area contributed by atoms with Gasteiger partial charge in [0.1, 0.15) is 16.8 Å². The first kappa shape index (κ1) is 27.3. The highest BCUT2D eigenvalue weighted by atomic mass is 16.6. The molecule has 2 aromatic heterocycles. The lowest BCUT2D eigenvalue weighted by Gasteiger charge is -2.56. The van der Waals surface area contributed by atoms with Crippen molar-refractivity contribution in [3.63, 3.8) is 0 Å². The van der Waals surface area contributed by atoms with Crippen molar-refractivity contribution in [2.24, 2.45) is 5.41 Å². The van der Waals surface area contributed by atoms with Gasteiger partial charge in [-0.3, -0.25) is 4.98 Å². The van der Waals surface area contributed by atoms with E-state index in [4.69, 9.17) is 9.26 Å². The highest BCUT2D eigenvalue weighted by Crippen LogP contribution is 2.51. The molecule has 1 aliphatic heterocycles. The van der Waals surface area contributed by atoms with Gasteiger partial charge < -0.3 is 24.4 Å². The van der Waals surface area contributed by atoms with Gasteiger partial charge in [-0.15, -0.1) is 0 Å². The lowest BCUT2D eigenvalue weighted by Crippen LogP contribution is -2.66. The molecule has 2 N–H and O–H groups in total. The summed E-state index contributed by atoms with van der Waals surface area (Å²) in [6.07, 6.45) is 6.46. The van der Waals surface area contributed by atoms with E-state index in [1.54, 1.807) is 37.2 Å². The molecule has 0 unspecified atom stereocenters. The van der Waals surface area contributed by atoms with E-state index in [-0.39, 0.29) is 11.7 Å². The molecule has 3 heterocycles. The molecule has 1 aromatic carbocycles.